The van der Waals surface area contributed by atoms with Crippen LogP contribution in [0, 0.1) is 20.2 Å². The summed E-state index contributed by atoms with van der Waals surface area (Å²) >= 11 is 3.24. The number of nitro benzene ring substituents is 2. The molecule has 0 aromatic heterocycles. The fourth-order valence-electron chi connectivity index (χ4n) is 3.44. The van der Waals surface area contributed by atoms with Crippen LogP contribution >= 0.6 is 15.9 Å². The zero-order chi connectivity index (χ0) is 27.6. The molecule has 0 saturated heterocycles. The van der Waals surface area contributed by atoms with Crippen LogP contribution in [0.15, 0.2) is 92.4 Å². The first kappa shape index (κ1) is 26.3. The number of nitrogens with zero attached hydrogens (tertiary/aromatic N) is 4. The van der Waals surface area contributed by atoms with Crippen molar-refractivity contribution in [2.24, 2.45) is 10.2 Å². The third-order valence-corrected chi connectivity index (χ3v) is 7.14. The number of phenols is 1. The van der Waals surface area contributed by atoms with Gasteiger partial charge in [-0.15, -0.1) is 10.2 Å². The summed E-state index contributed by atoms with van der Waals surface area (Å²) in [4.78, 5) is 33.0. The number of nitro groups is 2. The molecule has 4 aromatic rings. The van der Waals surface area contributed by atoms with Crippen LogP contribution in [-0.4, -0.2) is 29.3 Å². The van der Waals surface area contributed by atoms with Crippen molar-refractivity contribution in [2.75, 3.05) is 4.72 Å². The average Bonchev–Trinajstić information content (AvgIpc) is 2.89. The predicted octanol–water partition coefficient (Wildman–Crippen LogP) is 5.85. The van der Waals surface area contributed by atoms with Gasteiger partial charge in [0.2, 0.25) is 0 Å². The molecule has 0 unspecified atom stereocenters. The van der Waals surface area contributed by atoms with E-state index in [1.54, 1.807) is 30.3 Å². The van der Waals surface area contributed by atoms with Crippen LogP contribution in [-0.2, 0) is 10.0 Å². The Balaban J connectivity index is 1.76. The minimum Gasteiger partial charge on any atom is -0.505 e. The number of rotatable bonds is 7. The van der Waals surface area contributed by atoms with E-state index in [4.69, 9.17) is 0 Å². The van der Waals surface area contributed by atoms with Gasteiger partial charge in [-0.1, -0.05) is 40.2 Å². The predicted molar refractivity (Wildman–Crippen MR) is 139 cm³/mol. The second kappa shape index (κ2) is 10.3. The Morgan fingerprint density at radius 1 is 0.921 bits per heavy atom. The van der Waals surface area contributed by atoms with Gasteiger partial charge < -0.3 is 5.11 Å². The van der Waals surface area contributed by atoms with Crippen LogP contribution in [0.3, 0.4) is 0 Å². The van der Waals surface area contributed by atoms with Gasteiger partial charge in [0.1, 0.15) is 11.3 Å². The van der Waals surface area contributed by atoms with E-state index < -0.39 is 48.5 Å². The van der Waals surface area contributed by atoms with Crippen molar-refractivity contribution >= 4 is 65.4 Å². The van der Waals surface area contributed by atoms with Gasteiger partial charge in [-0.05, 0) is 36.4 Å². The fraction of sp³-hybridized carbons (Fsp3) is 0. The summed E-state index contributed by atoms with van der Waals surface area (Å²) in [6.45, 7) is 0. The van der Waals surface area contributed by atoms with E-state index in [1.165, 1.54) is 18.2 Å². The van der Waals surface area contributed by atoms with Gasteiger partial charge in [0.15, 0.2) is 5.75 Å². The normalized spacial score (nSPS) is 11.5. The quantitative estimate of drug-likeness (QED) is 0.114. The monoisotopic (exact) mass is 599 g/mol. The zero-order valence-electron chi connectivity index (χ0n) is 18.8. The van der Waals surface area contributed by atoms with E-state index in [1.807, 2.05) is 0 Å². The number of benzene rings is 4. The summed E-state index contributed by atoms with van der Waals surface area (Å²) in [5.41, 5.74) is -2.31. The van der Waals surface area contributed by atoms with E-state index in [0.717, 1.165) is 18.2 Å². The number of halogens is 1. The lowest BCUT2D eigenvalue weighted by molar-refractivity contribution is -0.394. The van der Waals surface area contributed by atoms with E-state index in [0.29, 0.717) is 15.9 Å². The lowest BCUT2D eigenvalue weighted by Crippen LogP contribution is -2.13. The maximum absolute atomic E-state index is 13.0. The van der Waals surface area contributed by atoms with Crippen LogP contribution < -0.4 is 4.72 Å². The number of azo groups is 1. The molecule has 0 heterocycles. The summed E-state index contributed by atoms with van der Waals surface area (Å²) in [7, 11) is -4.07. The first-order valence-electron chi connectivity index (χ1n) is 10.4. The zero-order valence-corrected chi connectivity index (χ0v) is 21.2. The highest BCUT2D eigenvalue weighted by molar-refractivity contribution is 9.10. The Labute approximate surface area is 221 Å². The van der Waals surface area contributed by atoms with Crippen LogP contribution in [0.5, 0.6) is 5.75 Å². The molecule has 2 N–H and O–H groups in total. The number of non-ortho nitro benzene ring substituents is 1. The van der Waals surface area contributed by atoms with Crippen molar-refractivity contribution < 1.29 is 28.2 Å². The van der Waals surface area contributed by atoms with Crippen LogP contribution in [0.1, 0.15) is 10.4 Å². The van der Waals surface area contributed by atoms with Gasteiger partial charge in [-0.25, -0.2) is 8.42 Å². The molecule has 0 fully saturated rings. The van der Waals surface area contributed by atoms with E-state index in [-0.39, 0.29) is 21.7 Å². The molecular formula is C23H14BrN5O8S. The fourth-order valence-corrected chi connectivity index (χ4v) is 4.78. The van der Waals surface area contributed by atoms with E-state index in [2.05, 4.69) is 30.9 Å². The summed E-state index contributed by atoms with van der Waals surface area (Å²) in [6, 6.07) is 15.6. The van der Waals surface area contributed by atoms with Crippen molar-refractivity contribution in [3.8, 4) is 5.75 Å². The number of carbonyl (C=O) groups is 1. The molecule has 4 aromatic carbocycles. The molecule has 0 spiro atoms. The number of sulfonamides is 1. The summed E-state index contributed by atoms with van der Waals surface area (Å²) < 4.78 is 29.0. The number of aromatic hydroxyl groups is 1. The van der Waals surface area contributed by atoms with Crippen molar-refractivity contribution in [3.63, 3.8) is 0 Å². The molecule has 0 radical (unpaired) electrons. The molecule has 38 heavy (non-hydrogen) atoms. The molecule has 0 aliphatic heterocycles. The minimum atomic E-state index is -4.07. The van der Waals surface area contributed by atoms with Crippen molar-refractivity contribution in [2.45, 2.75) is 4.90 Å². The summed E-state index contributed by atoms with van der Waals surface area (Å²) in [5.74, 6) is -1.64. The Bertz CT molecular complexity index is 1760. The molecule has 192 valence electrons. The average molecular weight is 600 g/mol. The summed E-state index contributed by atoms with van der Waals surface area (Å²) in [5, 5.41) is 40.6. The van der Waals surface area contributed by atoms with Gasteiger partial charge in [0.05, 0.1) is 26.5 Å². The van der Waals surface area contributed by atoms with Crippen molar-refractivity contribution in [3.05, 3.63) is 103 Å². The lowest BCUT2D eigenvalue weighted by atomic mass is 10.1. The number of nitrogens with one attached hydrogen (secondary N) is 1. The second-order valence-electron chi connectivity index (χ2n) is 7.62. The molecule has 0 aliphatic carbocycles. The van der Waals surface area contributed by atoms with Crippen LogP contribution in [0.2, 0.25) is 0 Å². The highest BCUT2D eigenvalue weighted by Gasteiger charge is 2.24. The van der Waals surface area contributed by atoms with Gasteiger partial charge in [0.25, 0.3) is 21.4 Å². The molecule has 1 amide bonds. The standard InChI is InChI=1S/C23H14BrN5O8S/c24-13-5-8-15(9-6-13)38(36,37)27-19-12-20(22(30)17-4-2-1-3-16(17)19)25-26-23(31)18-10-7-14(28(32)33)11-21(18)29(34)35/h1-12,27,30H. The highest BCUT2D eigenvalue weighted by atomic mass is 79.9. The number of phenolic OH excluding ortho intramolecular Hbond substituents is 1. The Hall–Kier alpha value is -4.76. The molecule has 15 heteroatoms. The number of carbonyl (C=O) groups excluding carboxylic acids is 1. The number of hydrogen-bond acceptors (Lipinski definition) is 9. The third-order valence-electron chi connectivity index (χ3n) is 5.23. The first-order chi connectivity index (χ1) is 18.0. The molecule has 4 rings (SSSR count). The van der Waals surface area contributed by atoms with Crippen LogP contribution in [0.25, 0.3) is 10.8 Å². The molecule has 0 bridgehead atoms. The third kappa shape index (κ3) is 5.33. The topological polar surface area (TPSA) is 194 Å². The maximum atomic E-state index is 13.0. The van der Waals surface area contributed by atoms with Crippen molar-refractivity contribution in [1.29, 1.82) is 0 Å². The molecular weight excluding hydrogens is 586 g/mol. The largest absolute Gasteiger partial charge is 0.505 e. The molecule has 13 nitrogen and oxygen atoms in total. The smallest absolute Gasteiger partial charge is 0.302 e. The number of fused-ring (bicyclic) bond motifs is 1. The Morgan fingerprint density at radius 2 is 1.58 bits per heavy atom. The maximum Gasteiger partial charge on any atom is 0.302 e. The van der Waals surface area contributed by atoms with E-state index >= 15 is 0 Å². The number of hydrogen-bond donors (Lipinski definition) is 2. The van der Waals surface area contributed by atoms with E-state index in [9.17, 15) is 38.5 Å². The van der Waals surface area contributed by atoms with Gasteiger partial charge >= 0.3 is 5.91 Å². The minimum absolute atomic E-state index is 0.0176. The second-order valence-corrected chi connectivity index (χ2v) is 10.2. The highest BCUT2D eigenvalue weighted by Crippen LogP contribution is 2.40. The molecule has 0 aliphatic rings. The SMILES string of the molecule is O=C(N=Nc1cc(NS(=O)(=O)c2ccc(Br)cc2)c2ccccc2c1O)c1ccc([N+](=O)[O-])cc1[N+](=O)[O-]. The van der Waals surface area contributed by atoms with Crippen LogP contribution in [0.4, 0.5) is 22.7 Å². The number of anilines is 1. The number of amides is 1. The molecule has 0 saturated carbocycles. The van der Waals surface area contributed by atoms with Gasteiger partial charge in [0, 0.05) is 21.3 Å². The molecule has 0 atom stereocenters. The van der Waals surface area contributed by atoms with Gasteiger partial charge in [-0.2, -0.15) is 0 Å². The Morgan fingerprint density at radius 3 is 2.21 bits per heavy atom. The summed E-state index contributed by atoms with van der Waals surface area (Å²) in [6.07, 6.45) is 0. The lowest BCUT2D eigenvalue weighted by Gasteiger charge is -2.13. The first-order valence-corrected chi connectivity index (χ1v) is 12.7. The Kier molecular flexibility index (Phi) is 7.14. The van der Waals surface area contributed by atoms with Crippen molar-refractivity contribution in [1.82, 2.24) is 0 Å². The van der Waals surface area contributed by atoms with Gasteiger partial charge in [-0.3, -0.25) is 29.7 Å².